The maximum atomic E-state index is 13.1. The zero-order valence-electron chi connectivity index (χ0n) is 15.0. The Bertz CT molecular complexity index is 641. The number of piperidine rings is 1. The third-order valence-corrected chi connectivity index (χ3v) is 6.77. The summed E-state index contributed by atoms with van der Waals surface area (Å²) in [7, 11) is 0. The van der Waals surface area contributed by atoms with Crippen LogP contribution in [0.15, 0.2) is 12.2 Å². The van der Waals surface area contributed by atoms with Gasteiger partial charge in [-0.3, -0.25) is 9.59 Å². The van der Waals surface area contributed by atoms with Gasteiger partial charge in [-0.2, -0.15) is 0 Å². The van der Waals surface area contributed by atoms with E-state index >= 15 is 0 Å². The summed E-state index contributed by atoms with van der Waals surface area (Å²) in [5, 5.41) is 9.50. The van der Waals surface area contributed by atoms with E-state index < -0.39 is 23.5 Å². The molecule has 0 aliphatic carbocycles. The molecule has 1 spiro atoms. The molecule has 142 valence electrons. The molecule has 2 amide bonds. The monoisotopic (exact) mass is 361 g/mol. The molecule has 2 bridgehead atoms. The van der Waals surface area contributed by atoms with Crippen LogP contribution in [0.25, 0.3) is 0 Å². The van der Waals surface area contributed by atoms with E-state index in [0.29, 0.717) is 26.2 Å². The summed E-state index contributed by atoms with van der Waals surface area (Å²) in [5.74, 6) is -0.805. The average Bonchev–Trinajstić information content (AvgIpc) is 3.26. The van der Waals surface area contributed by atoms with Gasteiger partial charge in [-0.05, 0) is 25.9 Å². The molecule has 0 aromatic carbocycles. The summed E-state index contributed by atoms with van der Waals surface area (Å²) < 4.78 is 6.16. The summed E-state index contributed by atoms with van der Waals surface area (Å²) in [6.45, 7) is 5.16. The first-order chi connectivity index (χ1) is 12.6. The molecule has 5 heterocycles. The Kier molecular flexibility index (Phi) is 3.88. The van der Waals surface area contributed by atoms with Crippen molar-refractivity contribution in [3.63, 3.8) is 0 Å². The van der Waals surface area contributed by atoms with Gasteiger partial charge in [0.25, 0.3) is 0 Å². The Balaban J connectivity index is 1.28. The number of aliphatic hydroxyl groups is 1. The number of fused-ring (bicyclic) bond motifs is 1. The van der Waals surface area contributed by atoms with E-state index in [1.165, 1.54) is 19.3 Å². The van der Waals surface area contributed by atoms with E-state index in [1.807, 2.05) is 17.1 Å². The number of carbonyl (C=O) groups is 2. The van der Waals surface area contributed by atoms with E-state index in [0.717, 1.165) is 19.6 Å². The molecule has 5 aliphatic heterocycles. The van der Waals surface area contributed by atoms with Gasteiger partial charge in [0.15, 0.2) is 0 Å². The number of rotatable bonds is 4. The molecule has 7 heteroatoms. The van der Waals surface area contributed by atoms with Crippen LogP contribution in [0.4, 0.5) is 0 Å². The van der Waals surface area contributed by atoms with Gasteiger partial charge in [0, 0.05) is 26.2 Å². The van der Waals surface area contributed by atoms with Gasteiger partial charge in [-0.1, -0.05) is 18.6 Å². The van der Waals surface area contributed by atoms with E-state index in [-0.39, 0.29) is 17.9 Å². The third-order valence-electron chi connectivity index (χ3n) is 6.77. The van der Waals surface area contributed by atoms with Gasteiger partial charge in [0.2, 0.25) is 11.8 Å². The smallest absolute Gasteiger partial charge is 0.230 e. The van der Waals surface area contributed by atoms with Gasteiger partial charge in [0.1, 0.15) is 5.60 Å². The van der Waals surface area contributed by atoms with E-state index in [4.69, 9.17) is 4.74 Å². The molecular weight excluding hydrogens is 334 g/mol. The van der Waals surface area contributed by atoms with Gasteiger partial charge < -0.3 is 24.5 Å². The number of ether oxygens (including phenoxy) is 1. The van der Waals surface area contributed by atoms with Crippen LogP contribution >= 0.6 is 0 Å². The Morgan fingerprint density at radius 1 is 1.23 bits per heavy atom. The highest BCUT2D eigenvalue weighted by Gasteiger charge is 2.67. The van der Waals surface area contributed by atoms with E-state index in [2.05, 4.69) is 4.90 Å². The van der Waals surface area contributed by atoms with Gasteiger partial charge in [-0.15, -0.1) is 0 Å². The van der Waals surface area contributed by atoms with Crippen LogP contribution in [0.2, 0.25) is 0 Å². The number of aliphatic hydroxyl groups excluding tert-OH is 1. The quantitative estimate of drug-likeness (QED) is 0.681. The lowest BCUT2D eigenvalue weighted by atomic mass is 9.76. The molecule has 26 heavy (non-hydrogen) atoms. The standard InChI is InChI=1S/C19H27N3O4/c23-13-10-22(11-13)17(24)15-14-4-5-19(26-14)12-21(18(25)16(15)19)9-8-20-6-2-1-3-7-20/h4-5,13-16,23H,1-3,6-12H2/t14-,15-,16-,19-/m0/s1. The fourth-order valence-electron chi connectivity index (χ4n) is 5.34. The minimum Gasteiger partial charge on any atom is -0.389 e. The number of nitrogens with zero attached hydrogens (tertiary/aromatic N) is 3. The van der Waals surface area contributed by atoms with Crippen molar-refractivity contribution in [1.82, 2.24) is 14.7 Å². The summed E-state index contributed by atoms with van der Waals surface area (Å²) in [4.78, 5) is 32.0. The number of hydrogen-bond donors (Lipinski definition) is 1. The first-order valence-corrected chi connectivity index (χ1v) is 9.93. The minimum atomic E-state index is -0.618. The lowest BCUT2D eigenvalue weighted by Crippen LogP contribution is -2.57. The summed E-state index contributed by atoms with van der Waals surface area (Å²) in [5.41, 5.74) is -0.618. The lowest BCUT2D eigenvalue weighted by molar-refractivity contribution is -0.151. The predicted molar refractivity (Wildman–Crippen MR) is 93.2 cm³/mol. The average molecular weight is 361 g/mol. The molecule has 0 unspecified atom stereocenters. The van der Waals surface area contributed by atoms with Crippen LogP contribution in [0.1, 0.15) is 19.3 Å². The summed E-state index contributed by atoms with van der Waals surface area (Å²) in [6, 6.07) is 0. The van der Waals surface area contributed by atoms with Crippen LogP contribution in [0.5, 0.6) is 0 Å². The zero-order valence-corrected chi connectivity index (χ0v) is 15.0. The Morgan fingerprint density at radius 3 is 2.73 bits per heavy atom. The second kappa shape index (κ2) is 6.04. The summed E-state index contributed by atoms with van der Waals surface area (Å²) >= 11 is 0. The highest BCUT2D eigenvalue weighted by molar-refractivity contribution is 5.93. The predicted octanol–water partition coefficient (Wildman–Crippen LogP) is -0.543. The molecule has 0 radical (unpaired) electrons. The molecule has 7 nitrogen and oxygen atoms in total. The first-order valence-electron chi connectivity index (χ1n) is 9.93. The van der Waals surface area contributed by atoms with Crippen molar-refractivity contribution in [3.05, 3.63) is 12.2 Å². The van der Waals surface area contributed by atoms with Crippen molar-refractivity contribution < 1.29 is 19.4 Å². The summed E-state index contributed by atoms with van der Waals surface area (Å²) in [6.07, 6.45) is 7.03. The topological polar surface area (TPSA) is 73.3 Å². The van der Waals surface area contributed by atoms with E-state index in [9.17, 15) is 14.7 Å². The fourth-order valence-corrected chi connectivity index (χ4v) is 5.34. The molecule has 0 saturated carbocycles. The fraction of sp³-hybridized carbons (Fsp3) is 0.789. The number of hydrogen-bond acceptors (Lipinski definition) is 5. The van der Waals surface area contributed by atoms with Crippen LogP contribution in [0, 0.1) is 11.8 Å². The van der Waals surface area contributed by atoms with Crippen LogP contribution in [-0.4, -0.2) is 95.2 Å². The maximum absolute atomic E-state index is 13.1. The molecule has 0 aromatic heterocycles. The van der Waals surface area contributed by atoms with Crippen molar-refractivity contribution in [2.45, 2.75) is 37.1 Å². The van der Waals surface area contributed by atoms with Crippen molar-refractivity contribution in [2.24, 2.45) is 11.8 Å². The second-order valence-electron chi connectivity index (χ2n) is 8.46. The number of amides is 2. The first kappa shape index (κ1) is 16.7. The third kappa shape index (κ3) is 2.44. The number of β-amino-alcohol motifs (C(OH)–C–C–N with tert-alkyl or cyclic N) is 1. The number of carbonyl (C=O) groups excluding carboxylic acids is 2. The van der Waals surface area contributed by atoms with Crippen molar-refractivity contribution in [1.29, 1.82) is 0 Å². The normalized spacial score (nSPS) is 39.6. The molecule has 5 rings (SSSR count). The maximum Gasteiger partial charge on any atom is 0.230 e. The highest BCUT2D eigenvalue weighted by Crippen LogP contribution is 2.52. The minimum absolute atomic E-state index is 0.0391. The Hall–Kier alpha value is -1.44. The van der Waals surface area contributed by atoms with Gasteiger partial charge in [0.05, 0.1) is 30.6 Å². The molecule has 1 N–H and O–H groups in total. The SMILES string of the molecule is O=C([C@H]1[C@@H]2C=C[C@@]3(CN(CCN4CCCCC4)C(=O)[C@H]13)O2)N1CC(O)C1. The molecule has 4 atom stereocenters. The molecular formula is C19H27N3O4. The lowest BCUT2D eigenvalue weighted by Gasteiger charge is -2.39. The van der Waals surface area contributed by atoms with Crippen LogP contribution < -0.4 is 0 Å². The van der Waals surface area contributed by atoms with Crippen molar-refractivity contribution in [2.75, 3.05) is 45.8 Å². The molecule has 4 fully saturated rings. The Morgan fingerprint density at radius 2 is 2.00 bits per heavy atom. The molecule has 4 saturated heterocycles. The van der Waals surface area contributed by atoms with Crippen molar-refractivity contribution in [3.8, 4) is 0 Å². The largest absolute Gasteiger partial charge is 0.389 e. The molecule has 0 aromatic rings. The highest BCUT2D eigenvalue weighted by atomic mass is 16.5. The van der Waals surface area contributed by atoms with Gasteiger partial charge in [-0.25, -0.2) is 0 Å². The molecule has 5 aliphatic rings. The Labute approximate surface area is 153 Å². The number of likely N-dealkylation sites (tertiary alicyclic amines) is 3. The second-order valence-corrected chi connectivity index (χ2v) is 8.46. The van der Waals surface area contributed by atoms with Crippen LogP contribution in [0.3, 0.4) is 0 Å². The zero-order chi connectivity index (χ0) is 17.9. The van der Waals surface area contributed by atoms with E-state index in [1.54, 1.807) is 4.90 Å². The van der Waals surface area contributed by atoms with Gasteiger partial charge >= 0.3 is 0 Å². The van der Waals surface area contributed by atoms with Crippen molar-refractivity contribution >= 4 is 11.8 Å². The van der Waals surface area contributed by atoms with Crippen LogP contribution in [-0.2, 0) is 14.3 Å².